The molecule has 7 nitrogen and oxygen atoms in total. The van der Waals surface area contributed by atoms with Crippen LogP contribution in [0.15, 0.2) is 104 Å². The molecule has 3 aromatic carbocycles. The molecule has 3 aromatic rings. The predicted molar refractivity (Wildman–Crippen MR) is 194 cm³/mol. The number of carbonyl (C=O) groups is 2. The molecule has 3 atom stereocenters. The van der Waals surface area contributed by atoms with Crippen LogP contribution in [0.1, 0.15) is 72.8 Å². The van der Waals surface area contributed by atoms with Gasteiger partial charge in [-0.3, -0.25) is 4.90 Å². The van der Waals surface area contributed by atoms with Crippen LogP contribution in [0.2, 0.25) is 5.04 Å². The first-order chi connectivity index (χ1) is 22.8. The van der Waals surface area contributed by atoms with Crippen molar-refractivity contribution in [2.45, 2.75) is 96.1 Å². The lowest BCUT2D eigenvalue weighted by atomic mass is 9.79. The predicted octanol–water partition coefficient (Wildman–Crippen LogP) is 7.59. The second kappa shape index (κ2) is 15.7. The van der Waals surface area contributed by atoms with E-state index in [1.807, 2.05) is 42.5 Å². The Bertz CT molecular complexity index is 1450. The van der Waals surface area contributed by atoms with Crippen molar-refractivity contribution in [3.05, 3.63) is 109 Å². The van der Waals surface area contributed by atoms with E-state index in [2.05, 4.69) is 75.9 Å². The summed E-state index contributed by atoms with van der Waals surface area (Å²) in [5, 5.41) is 13.1. The van der Waals surface area contributed by atoms with Crippen molar-refractivity contribution in [1.29, 1.82) is 0 Å². The quantitative estimate of drug-likeness (QED) is 0.108. The third-order valence-corrected chi connectivity index (χ3v) is 14.4. The van der Waals surface area contributed by atoms with Gasteiger partial charge in [-0.25, -0.2) is 9.59 Å². The van der Waals surface area contributed by atoms with Crippen LogP contribution in [0, 0.1) is 5.92 Å². The Balaban J connectivity index is 1.59. The average molecular weight is 672 g/mol. The molecule has 1 aliphatic rings. The molecule has 0 aromatic heterocycles. The standard InChI is InChI=1S/C40H53NO6Si/c1-8-32(21-18-28-46-48(39(5,6)7,34-22-14-10-15-23-34)35-24-16-11-17-25-35)40(36(42)43)27-26-33(41(40)37(44)47-38(2,3)4)30-45-29-31-19-12-9-13-20-31/h8-17,19-20,22-25,32-33H,1,18,21,26-30H2,2-7H3,(H,42,43)/t32-,33+,40+/m1/s1. The molecule has 258 valence electrons. The fourth-order valence-electron chi connectivity index (χ4n) is 7.20. The van der Waals surface area contributed by atoms with E-state index in [0.717, 1.165) is 5.56 Å². The van der Waals surface area contributed by atoms with Gasteiger partial charge >= 0.3 is 12.1 Å². The Hall–Kier alpha value is -3.72. The van der Waals surface area contributed by atoms with Crippen LogP contribution in [-0.4, -0.2) is 60.8 Å². The number of carbonyl (C=O) groups excluding carboxylic acids is 1. The molecule has 0 radical (unpaired) electrons. The second-order valence-corrected chi connectivity index (χ2v) is 19.1. The molecule has 0 bridgehead atoms. The first-order valence-corrected chi connectivity index (χ1v) is 18.9. The smallest absolute Gasteiger partial charge is 0.411 e. The minimum Gasteiger partial charge on any atom is -0.479 e. The zero-order chi connectivity index (χ0) is 35.0. The number of amides is 1. The van der Waals surface area contributed by atoms with Gasteiger partial charge in [0.25, 0.3) is 8.32 Å². The monoisotopic (exact) mass is 671 g/mol. The number of hydrogen-bond donors (Lipinski definition) is 1. The van der Waals surface area contributed by atoms with E-state index in [4.69, 9.17) is 13.9 Å². The van der Waals surface area contributed by atoms with Gasteiger partial charge in [0.05, 0.1) is 19.3 Å². The van der Waals surface area contributed by atoms with Crippen molar-refractivity contribution in [2.24, 2.45) is 5.92 Å². The van der Waals surface area contributed by atoms with Gasteiger partial charge in [-0.05, 0) is 67.4 Å². The molecular formula is C40H53NO6Si. The Morgan fingerprint density at radius 2 is 1.48 bits per heavy atom. The highest BCUT2D eigenvalue weighted by Gasteiger charge is 2.59. The molecule has 1 heterocycles. The van der Waals surface area contributed by atoms with Crippen LogP contribution in [0.5, 0.6) is 0 Å². The summed E-state index contributed by atoms with van der Waals surface area (Å²) >= 11 is 0. The summed E-state index contributed by atoms with van der Waals surface area (Å²) in [5.41, 5.74) is -1.32. The van der Waals surface area contributed by atoms with Gasteiger partial charge in [0, 0.05) is 12.5 Å². The molecule has 4 rings (SSSR count). The summed E-state index contributed by atoms with van der Waals surface area (Å²) < 4.78 is 19.0. The highest BCUT2D eigenvalue weighted by molar-refractivity contribution is 6.99. The van der Waals surface area contributed by atoms with Gasteiger partial charge in [-0.2, -0.15) is 0 Å². The van der Waals surface area contributed by atoms with Crippen molar-refractivity contribution in [3.63, 3.8) is 0 Å². The number of benzene rings is 3. The summed E-state index contributed by atoms with van der Waals surface area (Å²) in [7, 11) is -2.76. The van der Waals surface area contributed by atoms with E-state index < -0.39 is 43.5 Å². The number of carboxylic acid groups (broad SMARTS) is 1. The summed E-state index contributed by atoms with van der Waals surface area (Å²) in [6, 6.07) is 30.3. The molecule has 48 heavy (non-hydrogen) atoms. The minimum atomic E-state index is -2.76. The largest absolute Gasteiger partial charge is 0.479 e. The Morgan fingerprint density at radius 1 is 0.938 bits per heavy atom. The molecule has 1 N–H and O–H groups in total. The number of ether oxygens (including phenoxy) is 2. The van der Waals surface area contributed by atoms with Crippen LogP contribution in [-0.2, 0) is 25.3 Å². The van der Waals surface area contributed by atoms with Crippen molar-refractivity contribution in [3.8, 4) is 0 Å². The molecule has 1 fully saturated rings. The number of rotatable bonds is 14. The van der Waals surface area contributed by atoms with Crippen molar-refractivity contribution >= 4 is 30.8 Å². The molecule has 1 aliphatic heterocycles. The van der Waals surface area contributed by atoms with Gasteiger partial charge in [0.1, 0.15) is 11.1 Å². The van der Waals surface area contributed by atoms with Gasteiger partial charge in [0.15, 0.2) is 0 Å². The maximum Gasteiger partial charge on any atom is 0.411 e. The zero-order valence-corrected chi connectivity index (χ0v) is 30.5. The Morgan fingerprint density at radius 3 is 1.96 bits per heavy atom. The molecule has 0 spiro atoms. The number of carboxylic acids is 1. The third-order valence-electron chi connectivity index (χ3n) is 9.33. The highest BCUT2D eigenvalue weighted by atomic mass is 28.4. The second-order valence-electron chi connectivity index (χ2n) is 14.8. The summed E-state index contributed by atoms with van der Waals surface area (Å²) in [6.07, 6.45) is 2.86. The van der Waals surface area contributed by atoms with E-state index in [0.29, 0.717) is 32.5 Å². The molecule has 1 amide bonds. The third kappa shape index (κ3) is 8.10. The average Bonchev–Trinajstić information content (AvgIpc) is 3.43. The van der Waals surface area contributed by atoms with Crippen molar-refractivity contribution in [1.82, 2.24) is 4.90 Å². The fraction of sp³-hybridized carbons (Fsp3) is 0.450. The van der Waals surface area contributed by atoms with E-state index in [-0.39, 0.29) is 18.1 Å². The van der Waals surface area contributed by atoms with Crippen molar-refractivity contribution < 1.29 is 28.6 Å². The minimum absolute atomic E-state index is 0.179. The maximum absolute atomic E-state index is 13.9. The molecule has 0 aliphatic carbocycles. The van der Waals surface area contributed by atoms with E-state index >= 15 is 0 Å². The summed E-state index contributed by atoms with van der Waals surface area (Å²) in [6.45, 7) is 17.2. The Kier molecular flexibility index (Phi) is 12.1. The highest BCUT2D eigenvalue weighted by Crippen LogP contribution is 2.44. The number of aliphatic carboxylic acids is 1. The number of hydrogen-bond acceptors (Lipinski definition) is 5. The van der Waals surface area contributed by atoms with Crippen LogP contribution in [0.3, 0.4) is 0 Å². The lowest BCUT2D eigenvalue weighted by Crippen LogP contribution is -2.66. The SMILES string of the molecule is C=C[C@H](CCCO[Si](c1ccccc1)(c1ccccc1)C(C)(C)C)[C@]1(C(=O)O)CC[C@@H](COCc2ccccc2)N1C(=O)OC(C)(C)C. The summed E-state index contributed by atoms with van der Waals surface area (Å²) in [4.78, 5) is 28.7. The van der Waals surface area contributed by atoms with E-state index in [1.54, 1.807) is 26.8 Å². The fourth-order valence-corrected chi connectivity index (χ4v) is 11.8. The van der Waals surface area contributed by atoms with Crippen LogP contribution in [0.25, 0.3) is 0 Å². The first kappa shape index (κ1) is 37.1. The van der Waals surface area contributed by atoms with Crippen LogP contribution in [0.4, 0.5) is 4.79 Å². The van der Waals surface area contributed by atoms with Gasteiger partial charge in [-0.1, -0.05) is 118 Å². The molecule has 1 saturated heterocycles. The van der Waals surface area contributed by atoms with Crippen LogP contribution >= 0.6 is 0 Å². The lowest BCUT2D eigenvalue weighted by Gasteiger charge is -2.44. The lowest BCUT2D eigenvalue weighted by molar-refractivity contribution is -0.153. The molecule has 0 unspecified atom stereocenters. The first-order valence-electron chi connectivity index (χ1n) is 17.0. The summed E-state index contributed by atoms with van der Waals surface area (Å²) in [5.74, 6) is -1.60. The maximum atomic E-state index is 13.9. The molecular weight excluding hydrogens is 619 g/mol. The Labute approximate surface area is 288 Å². The van der Waals surface area contributed by atoms with Crippen LogP contribution < -0.4 is 10.4 Å². The van der Waals surface area contributed by atoms with E-state index in [1.165, 1.54) is 15.3 Å². The molecule has 0 saturated carbocycles. The molecule has 8 heteroatoms. The van der Waals surface area contributed by atoms with Crippen molar-refractivity contribution in [2.75, 3.05) is 13.2 Å². The van der Waals surface area contributed by atoms with Gasteiger partial charge in [0.2, 0.25) is 0 Å². The zero-order valence-electron chi connectivity index (χ0n) is 29.5. The number of nitrogens with zero attached hydrogens (tertiary/aromatic N) is 1. The number of likely N-dealkylation sites (tertiary alicyclic amines) is 1. The topological polar surface area (TPSA) is 85.3 Å². The van der Waals surface area contributed by atoms with Gasteiger partial charge in [-0.15, -0.1) is 6.58 Å². The van der Waals surface area contributed by atoms with Gasteiger partial charge < -0.3 is 19.0 Å². The van der Waals surface area contributed by atoms with E-state index in [9.17, 15) is 14.7 Å². The normalized spacial score (nSPS) is 19.1.